The minimum atomic E-state index is 0.0537. The van der Waals surface area contributed by atoms with Crippen molar-refractivity contribution in [3.05, 3.63) is 17.7 Å². The molecule has 0 saturated heterocycles. The molecule has 0 aliphatic carbocycles. The molecule has 0 bridgehead atoms. The number of nitrogens with zero attached hydrogens (tertiary/aromatic N) is 2. The molecule has 0 fully saturated rings. The lowest BCUT2D eigenvalue weighted by atomic mass is 10.1. The van der Waals surface area contributed by atoms with Crippen molar-refractivity contribution in [2.45, 2.75) is 72.9 Å². The molecule has 120 valence electrons. The zero-order chi connectivity index (χ0) is 16.0. The first-order chi connectivity index (χ1) is 9.69. The summed E-state index contributed by atoms with van der Waals surface area (Å²) in [4.78, 5) is 9.09. The minimum Gasteiger partial charge on any atom is -0.490 e. The summed E-state index contributed by atoms with van der Waals surface area (Å²) in [5, 5.41) is 3.47. The quantitative estimate of drug-likeness (QED) is 0.828. The van der Waals surface area contributed by atoms with E-state index in [0.717, 1.165) is 23.7 Å². The third-order valence-electron chi connectivity index (χ3n) is 3.10. The minimum absolute atomic E-state index is 0.0537. The SMILES string of the molecule is CC(C)CCOc1cnc(C(C)C)nc1CNC(C)(C)C. The van der Waals surface area contributed by atoms with E-state index >= 15 is 0 Å². The van der Waals surface area contributed by atoms with Crippen LogP contribution in [0.5, 0.6) is 5.75 Å². The Kier molecular flexibility index (Phi) is 6.59. The van der Waals surface area contributed by atoms with Crippen LogP contribution in [0, 0.1) is 5.92 Å². The third-order valence-corrected chi connectivity index (χ3v) is 3.10. The zero-order valence-corrected chi connectivity index (χ0v) is 14.7. The molecule has 0 radical (unpaired) electrons. The molecular weight excluding hydrogens is 262 g/mol. The van der Waals surface area contributed by atoms with E-state index in [1.165, 1.54) is 0 Å². The average Bonchev–Trinajstić information content (AvgIpc) is 2.35. The van der Waals surface area contributed by atoms with Crippen molar-refractivity contribution >= 4 is 0 Å². The van der Waals surface area contributed by atoms with E-state index in [9.17, 15) is 0 Å². The molecule has 0 spiro atoms. The Morgan fingerprint density at radius 3 is 2.38 bits per heavy atom. The standard InChI is InChI=1S/C17H31N3O/c1-12(2)8-9-21-15-11-18-16(13(3)4)20-14(15)10-19-17(5,6)7/h11-13,19H,8-10H2,1-7H3. The fourth-order valence-electron chi connectivity index (χ4n) is 1.70. The van der Waals surface area contributed by atoms with Crippen LogP contribution in [0.3, 0.4) is 0 Å². The van der Waals surface area contributed by atoms with Gasteiger partial charge < -0.3 is 10.1 Å². The van der Waals surface area contributed by atoms with Gasteiger partial charge in [-0.1, -0.05) is 27.7 Å². The normalized spacial score (nSPS) is 12.2. The highest BCUT2D eigenvalue weighted by Crippen LogP contribution is 2.20. The Hall–Kier alpha value is -1.16. The molecule has 0 saturated carbocycles. The van der Waals surface area contributed by atoms with Crippen LogP contribution in [0.15, 0.2) is 6.20 Å². The summed E-state index contributed by atoms with van der Waals surface area (Å²) in [7, 11) is 0. The van der Waals surface area contributed by atoms with Crippen LogP contribution in [-0.2, 0) is 6.54 Å². The van der Waals surface area contributed by atoms with Gasteiger partial charge >= 0.3 is 0 Å². The number of hydrogen-bond donors (Lipinski definition) is 1. The Bertz CT molecular complexity index is 436. The molecule has 0 amide bonds. The van der Waals surface area contributed by atoms with E-state index in [0.29, 0.717) is 25.0 Å². The number of nitrogens with one attached hydrogen (secondary N) is 1. The predicted octanol–water partition coefficient (Wildman–Crippen LogP) is 3.91. The topological polar surface area (TPSA) is 47.0 Å². The van der Waals surface area contributed by atoms with Gasteiger partial charge in [0, 0.05) is 18.0 Å². The van der Waals surface area contributed by atoms with Crippen LogP contribution in [0.4, 0.5) is 0 Å². The summed E-state index contributed by atoms with van der Waals surface area (Å²) in [6.07, 6.45) is 2.86. The van der Waals surface area contributed by atoms with Crippen molar-refractivity contribution in [1.29, 1.82) is 0 Å². The van der Waals surface area contributed by atoms with Crippen molar-refractivity contribution in [1.82, 2.24) is 15.3 Å². The highest BCUT2D eigenvalue weighted by Gasteiger charge is 2.14. The second-order valence-electron chi connectivity index (χ2n) is 7.33. The van der Waals surface area contributed by atoms with Gasteiger partial charge in [0.2, 0.25) is 0 Å². The summed E-state index contributed by atoms with van der Waals surface area (Å²) in [6, 6.07) is 0. The van der Waals surface area contributed by atoms with Gasteiger partial charge in [0.1, 0.15) is 5.82 Å². The Labute approximate surface area is 129 Å². The monoisotopic (exact) mass is 293 g/mol. The van der Waals surface area contributed by atoms with Crippen molar-refractivity contribution in [3.63, 3.8) is 0 Å². The maximum absolute atomic E-state index is 5.88. The first-order valence-electron chi connectivity index (χ1n) is 7.92. The Morgan fingerprint density at radius 2 is 1.86 bits per heavy atom. The van der Waals surface area contributed by atoms with Crippen LogP contribution in [0.2, 0.25) is 0 Å². The van der Waals surface area contributed by atoms with Crippen LogP contribution >= 0.6 is 0 Å². The lowest BCUT2D eigenvalue weighted by molar-refractivity contribution is 0.281. The largest absolute Gasteiger partial charge is 0.490 e. The summed E-state index contributed by atoms with van der Waals surface area (Å²) in [5.41, 5.74) is 1.00. The van der Waals surface area contributed by atoms with Crippen LogP contribution in [0.1, 0.15) is 72.3 Å². The molecule has 0 atom stereocenters. The van der Waals surface area contributed by atoms with E-state index in [1.807, 2.05) is 6.20 Å². The Balaban J connectivity index is 2.83. The summed E-state index contributed by atoms with van der Waals surface area (Å²) in [5.74, 6) is 2.63. The highest BCUT2D eigenvalue weighted by atomic mass is 16.5. The molecule has 1 aromatic heterocycles. The van der Waals surface area contributed by atoms with Gasteiger partial charge in [-0.15, -0.1) is 0 Å². The van der Waals surface area contributed by atoms with Crippen molar-refractivity contribution in [2.75, 3.05) is 6.61 Å². The van der Waals surface area contributed by atoms with Gasteiger partial charge in [-0.3, -0.25) is 0 Å². The van der Waals surface area contributed by atoms with Crippen LogP contribution < -0.4 is 10.1 Å². The van der Waals surface area contributed by atoms with Crippen LogP contribution in [0.25, 0.3) is 0 Å². The van der Waals surface area contributed by atoms with Gasteiger partial charge in [0.15, 0.2) is 5.75 Å². The van der Waals surface area contributed by atoms with Crippen LogP contribution in [-0.4, -0.2) is 22.1 Å². The van der Waals surface area contributed by atoms with Crippen molar-refractivity contribution < 1.29 is 4.74 Å². The number of ether oxygens (including phenoxy) is 1. The molecule has 1 N–H and O–H groups in total. The first-order valence-corrected chi connectivity index (χ1v) is 7.92. The second-order valence-corrected chi connectivity index (χ2v) is 7.33. The summed E-state index contributed by atoms with van der Waals surface area (Å²) >= 11 is 0. The molecule has 1 aromatic rings. The van der Waals surface area contributed by atoms with E-state index in [4.69, 9.17) is 4.74 Å². The number of aromatic nitrogens is 2. The predicted molar refractivity (Wildman–Crippen MR) is 87.7 cm³/mol. The zero-order valence-electron chi connectivity index (χ0n) is 14.7. The molecule has 1 rings (SSSR count). The number of hydrogen-bond acceptors (Lipinski definition) is 4. The van der Waals surface area contributed by atoms with Gasteiger partial charge in [0.25, 0.3) is 0 Å². The van der Waals surface area contributed by atoms with E-state index in [2.05, 4.69) is 63.8 Å². The first kappa shape index (κ1) is 17.9. The lowest BCUT2D eigenvalue weighted by Gasteiger charge is -2.21. The lowest BCUT2D eigenvalue weighted by Crippen LogP contribution is -2.35. The second kappa shape index (κ2) is 7.74. The molecule has 1 heterocycles. The molecule has 4 heteroatoms. The molecule has 0 unspecified atom stereocenters. The van der Waals surface area contributed by atoms with Crippen molar-refractivity contribution in [3.8, 4) is 5.75 Å². The van der Waals surface area contributed by atoms with Gasteiger partial charge in [0.05, 0.1) is 18.5 Å². The molecule has 21 heavy (non-hydrogen) atoms. The third kappa shape index (κ3) is 6.89. The highest BCUT2D eigenvalue weighted by molar-refractivity contribution is 5.25. The fraction of sp³-hybridized carbons (Fsp3) is 0.765. The molecule has 0 aliphatic heterocycles. The molecule has 0 aromatic carbocycles. The van der Waals surface area contributed by atoms with Gasteiger partial charge in [-0.25, -0.2) is 9.97 Å². The average molecular weight is 293 g/mol. The van der Waals surface area contributed by atoms with E-state index in [-0.39, 0.29) is 5.54 Å². The molecule has 4 nitrogen and oxygen atoms in total. The maximum atomic E-state index is 5.88. The number of rotatable bonds is 7. The van der Waals surface area contributed by atoms with Gasteiger partial charge in [-0.2, -0.15) is 0 Å². The fourth-order valence-corrected chi connectivity index (χ4v) is 1.70. The van der Waals surface area contributed by atoms with Crippen molar-refractivity contribution in [2.24, 2.45) is 5.92 Å². The Morgan fingerprint density at radius 1 is 1.19 bits per heavy atom. The summed E-state index contributed by atoms with van der Waals surface area (Å²) < 4.78 is 5.88. The summed E-state index contributed by atoms with van der Waals surface area (Å²) in [6.45, 7) is 16.5. The van der Waals surface area contributed by atoms with Gasteiger partial charge in [-0.05, 0) is 33.1 Å². The van der Waals surface area contributed by atoms with E-state index < -0.39 is 0 Å². The van der Waals surface area contributed by atoms with E-state index in [1.54, 1.807) is 0 Å². The smallest absolute Gasteiger partial charge is 0.160 e. The molecule has 0 aliphatic rings. The maximum Gasteiger partial charge on any atom is 0.160 e. The molecular formula is C17H31N3O.